The van der Waals surface area contributed by atoms with Gasteiger partial charge in [0.15, 0.2) is 0 Å². The molecule has 1 saturated heterocycles. The Balaban J connectivity index is 2.20. The van der Waals surface area contributed by atoms with E-state index in [9.17, 15) is 9.59 Å². The predicted molar refractivity (Wildman–Crippen MR) is 72.3 cm³/mol. The number of nitrogens with zero attached hydrogens (tertiary/aromatic N) is 1. The lowest BCUT2D eigenvalue weighted by Crippen LogP contribution is -2.38. The van der Waals surface area contributed by atoms with Gasteiger partial charge >= 0.3 is 5.97 Å². The first kappa shape index (κ1) is 13.4. The number of carbonyl (C=O) groups is 2. The molecule has 2 rings (SSSR count). The van der Waals surface area contributed by atoms with E-state index in [-0.39, 0.29) is 5.92 Å². The van der Waals surface area contributed by atoms with Crippen LogP contribution in [0.4, 0.5) is 5.69 Å². The Kier molecular flexibility index (Phi) is 3.74. The number of rotatable bonds is 3. The lowest BCUT2D eigenvalue weighted by atomic mass is 9.97. The minimum Gasteiger partial charge on any atom is -0.481 e. The second-order valence-electron chi connectivity index (χ2n) is 4.99. The molecule has 19 heavy (non-hydrogen) atoms. The minimum atomic E-state index is -0.741. The second kappa shape index (κ2) is 5.30. The van der Waals surface area contributed by atoms with E-state index in [4.69, 9.17) is 10.8 Å². The molecule has 3 N–H and O–H groups in total. The summed E-state index contributed by atoms with van der Waals surface area (Å²) in [6.07, 6.45) is 1.60. The zero-order valence-corrected chi connectivity index (χ0v) is 10.9. The van der Waals surface area contributed by atoms with Gasteiger partial charge in [-0.25, -0.2) is 0 Å². The number of anilines is 1. The van der Waals surface area contributed by atoms with Gasteiger partial charge in [0, 0.05) is 24.3 Å². The summed E-state index contributed by atoms with van der Waals surface area (Å²) < 4.78 is 0. The maximum atomic E-state index is 11.2. The molecule has 0 saturated carbocycles. The van der Waals surface area contributed by atoms with Crippen LogP contribution in [0.15, 0.2) is 18.2 Å². The quantitative estimate of drug-likeness (QED) is 0.862. The topological polar surface area (TPSA) is 83.6 Å². The smallest absolute Gasteiger partial charge is 0.308 e. The van der Waals surface area contributed by atoms with Crippen molar-refractivity contribution < 1.29 is 14.7 Å². The van der Waals surface area contributed by atoms with Crippen LogP contribution in [0.2, 0.25) is 0 Å². The Morgan fingerprint density at radius 3 is 2.74 bits per heavy atom. The van der Waals surface area contributed by atoms with Crippen LogP contribution in [-0.2, 0) is 4.79 Å². The maximum absolute atomic E-state index is 11.2. The van der Waals surface area contributed by atoms with Crippen LogP contribution in [-0.4, -0.2) is 30.1 Å². The third kappa shape index (κ3) is 2.86. The van der Waals surface area contributed by atoms with Crippen LogP contribution in [0.3, 0.4) is 0 Å². The van der Waals surface area contributed by atoms with Crippen LogP contribution in [0.1, 0.15) is 28.8 Å². The first-order chi connectivity index (χ1) is 8.99. The first-order valence-corrected chi connectivity index (χ1v) is 6.37. The Labute approximate surface area is 112 Å². The molecule has 102 valence electrons. The number of nitrogens with two attached hydrogens (primary N) is 1. The number of hydrogen-bond donors (Lipinski definition) is 2. The highest BCUT2D eigenvalue weighted by Gasteiger charge is 2.25. The zero-order chi connectivity index (χ0) is 14.0. The van der Waals surface area contributed by atoms with Gasteiger partial charge in [0.25, 0.3) is 0 Å². The highest BCUT2D eigenvalue weighted by molar-refractivity contribution is 5.94. The van der Waals surface area contributed by atoms with E-state index in [1.165, 1.54) is 0 Å². The maximum Gasteiger partial charge on any atom is 0.308 e. The van der Waals surface area contributed by atoms with E-state index in [1.807, 2.05) is 19.1 Å². The van der Waals surface area contributed by atoms with Crippen molar-refractivity contribution in [3.05, 3.63) is 29.3 Å². The van der Waals surface area contributed by atoms with Crippen LogP contribution in [0.5, 0.6) is 0 Å². The number of aryl methyl sites for hydroxylation is 1. The largest absolute Gasteiger partial charge is 0.481 e. The highest BCUT2D eigenvalue weighted by atomic mass is 16.4. The number of primary amides is 1. The molecular weight excluding hydrogens is 244 g/mol. The molecule has 0 spiro atoms. The summed E-state index contributed by atoms with van der Waals surface area (Å²) in [4.78, 5) is 24.3. The van der Waals surface area contributed by atoms with Crippen molar-refractivity contribution in [2.75, 3.05) is 18.0 Å². The van der Waals surface area contributed by atoms with Gasteiger partial charge in [-0.2, -0.15) is 0 Å². The van der Waals surface area contributed by atoms with Gasteiger partial charge in [0.05, 0.1) is 5.92 Å². The summed E-state index contributed by atoms with van der Waals surface area (Å²) in [7, 11) is 0. The first-order valence-electron chi connectivity index (χ1n) is 6.37. The highest BCUT2D eigenvalue weighted by Crippen LogP contribution is 2.25. The molecule has 0 bridgehead atoms. The Morgan fingerprint density at radius 1 is 1.42 bits per heavy atom. The van der Waals surface area contributed by atoms with Crippen LogP contribution < -0.4 is 10.6 Å². The molecule has 1 aliphatic heterocycles. The second-order valence-corrected chi connectivity index (χ2v) is 4.99. The van der Waals surface area contributed by atoms with Crippen molar-refractivity contribution in [1.82, 2.24) is 0 Å². The molecule has 1 fully saturated rings. The molecule has 1 aromatic carbocycles. The van der Waals surface area contributed by atoms with Gasteiger partial charge < -0.3 is 15.7 Å². The Bertz CT molecular complexity index is 513. The summed E-state index contributed by atoms with van der Waals surface area (Å²) >= 11 is 0. The number of carboxylic acids is 1. The van der Waals surface area contributed by atoms with E-state index in [0.717, 1.165) is 30.6 Å². The Morgan fingerprint density at radius 2 is 2.16 bits per heavy atom. The van der Waals surface area contributed by atoms with Crippen molar-refractivity contribution in [3.8, 4) is 0 Å². The molecule has 0 aliphatic carbocycles. The summed E-state index contributed by atoms with van der Waals surface area (Å²) in [5.74, 6) is -1.49. The SMILES string of the molecule is Cc1cc(N2CCCC(C(=O)O)C2)ccc1C(N)=O. The number of carboxylic acid groups (broad SMARTS) is 1. The molecular formula is C14H18N2O3. The number of carbonyl (C=O) groups excluding carboxylic acids is 1. The lowest BCUT2D eigenvalue weighted by molar-refractivity contribution is -0.141. The van der Waals surface area contributed by atoms with E-state index in [2.05, 4.69) is 4.90 Å². The number of piperidine rings is 1. The summed E-state index contributed by atoms with van der Waals surface area (Å²) in [6, 6.07) is 5.43. The predicted octanol–water partition coefficient (Wildman–Crippen LogP) is 1.39. The van der Waals surface area contributed by atoms with Gasteiger partial charge in [-0.15, -0.1) is 0 Å². The molecule has 1 atom stereocenters. The summed E-state index contributed by atoms with van der Waals surface area (Å²) in [6.45, 7) is 3.20. The van der Waals surface area contributed by atoms with E-state index in [1.54, 1.807) is 6.07 Å². The van der Waals surface area contributed by atoms with Crippen molar-refractivity contribution in [3.63, 3.8) is 0 Å². The van der Waals surface area contributed by atoms with E-state index < -0.39 is 11.9 Å². The normalized spacial score (nSPS) is 19.2. The molecule has 1 aromatic rings. The standard InChI is InChI=1S/C14H18N2O3/c1-9-7-11(4-5-12(9)13(15)17)16-6-2-3-10(8-16)14(18)19/h4-5,7,10H,2-3,6,8H2,1H3,(H2,15,17)(H,18,19). The van der Waals surface area contributed by atoms with E-state index in [0.29, 0.717) is 12.1 Å². The molecule has 0 radical (unpaired) electrons. The fraction of sp³-hybridized carbons (Fsp3) is 0.429. The van der Waals surface area contributed by atoms with Crippen molar-refractivity contribution in [2.24, 2.45) is 11.7 Å². The molecule has 5 heteroatoms. The fourth-order valence-corrected chi connectivity index (χ4v) is 2.53. The van der Waals surface area contributed by atoms with Crippen molar-refractivity contribution in [2.45, 2.75) is 19.8 Å². The monoisotopic (exact) mass is 262 g/mol. The molecule has 0 aromatic heterocycles. The van der Waals surface area contributed by atoms with Gasteiger partial charge in [-0.05, 0) is 43.5 Å². The summed E-state index contributed by atoms with van der Waals surface area (Å²) in [5, 5.41) is 9.09. The number of hydrogen-bond acceptors (Lipinski definition) is 3. The third-order valence-electron chi connectivity index (χ3n) is 3.61. The number of benzene rings is 1. The Hall–Kier alpha value is -2.04. The fourth-order valence-electron chi connectivity index (χ4n) is 2.53. The minimum absolute atomic E-state index is 0.315. The lowest BCUT2D eigenvalue weighted by Gasteiger charge is -2.32. The van der Waals surface area contributed by atoms with Gasteiger partial charge in [-0.1, -0.05) is 0 Å². The summed E-state index contributed by atoms with van der Waals surface area (Å²) in [5.41, 5.74) is 7.56. The van der Waals surface area contributed by atoms with Crippen LogP contribution in [0, 0.1) is 12.8 Å². The average Bonchev–Trinajstić information content (AvgIpc) is 2.38. The van der Waals surface area contributed by atoms with Gasteiger partial charge in [0.2, 0.25) is 5.91 Å². The van der Waals surface area contributed by atoms with Crippen LogP contribution in [0.25, 0.3) is 0 Å². The molecule has 5 nitrogen and oxygen atoms in total. The third-order valence-corrected chi connectivity index (χ3v) is 3.61. The van der Waals surface area contributed by atoms with Gasteiger partial charge in [0.1, 0.15) is 0 Å². The number of amides is 1. The van der Waals surface area contributed by atoms with Crippen molar-refractivity contribution >= 4 is 17.6 Å². The van der Waals surface area contributed by atoms with Gasteiger partial charge in [-0.3, -0.25) is 9.59 Å². The molecule has 1 unspecified atom stereocenters. The molecule has 1 amide bonds. The average molecular weight is 262 g/mol. The van der Waals surface area contributed by atoms with Crippen LogP contribution >= 0.6 is 0 Å². The van der Waals surface area contributed by atoms with E-state index >= 15 is 0 Å². The number of aliphatic carboxylic acids is 1. The molecule has 1 heterocycles. The van der Waals surface area contributed by atoms with Crippen molar-refractivity contribution in [1.29, 1.82) is 0 Å². The molecule has 1 aliphatic rings. The zero-order valence-electron chi connectivity index (χ0n) is 10.9.